The van der Waals surface area contributed by atoms with Crippen molar-refractivity contribution in [2.24, 2.45) is 0 Å². The molecule has 1 atom stereocenters. The monoisotopic (exact) mass is 440 g/mol. The number of aromatic nitrogens is 1. The van der Waals surface area contributed by atoms with Crippen LogP contribution in [0.15, 0.2) is 29.6 Å². The van der Waals surface area contributed by atoms with Crippen molar-refractivity contribution in [2.75, 3.05) is 19.6 Å². The van der Waals surface area contributed by atoms with Crippen molar-refractivity contribution in [3.05, 3.63) is 51.5 Å². The Hall–Kier alpha value is -2.74. The van der Waals surface area contributed by atoms with Crippen LogP contribution in [0.25, 0.3) is 0 Å². The van der Waals surface area contributed by atoms with Crippen molar-refractivity contribution in [1.82, 2.24) is 20.5 Å². The maximum Gasteiger partial charge on any atom is 0.253 e. The highest BCUT2D eigenvalue weighted by Crippen LogP contribution is 2.30. The molecule has 2 N–H and O–H groups in total. The zero-order valence-electron chi connectivity index (χ0n) is 17.7. The Bertz CT molecular complexity index is 952. The van der Waals surface area contributed by atoms with Crippen LogP contribution >= 0.6 is 11.3 Å². The van der Waals surface area contributed by atoms with E-state index in [-0.39, 0.29) is 29.7 Å². The molecule has 2 aliphatic rings. The minimum atomic E-state index is -0.383. The summed E-state index contributed by atoms with van der Waals surface area (Å²) in [5, 5.41) is 7.83. The van der Waals surface area contributed by atoms with E-state index in [1.165, 1.54) is 4.88 Å². The van der Waals surface area contributed by atoms with Crippen molar-refractivity contribution in [3.63, 3.8) is 0 Å². The molecule has 7 nitrogen and oxygen atoms in total. The molecule has 8 heteroatoms. The van der Waals surface area contributed by atoms with Gasteiger partial charge in [0.1, 0.15) is 6.04 Å². The molecule has 1 unspecified atom stereocenters. The molecule has 0 saturated carbocycles. The van der Waals surface area contributed by atoms with Crippen LogP contribution in [0, 0.1) is 6.92 Å². The zero-order valence-corrected chi connectivity index (χ0v) is 18.5. The number of piperidine rings is 1. The summed E-state index contributed by atoms with van der Waals surface area (Å²) in [7, 11) is 0. The van der Waals surface area contributed by atoms with E-state index in [0.717, 1.165) is 30.7 Å². The first-order valence-electron chi connectivity index (χ1n) is 10.9. The average molecular weight is 441 g/mol. The van der Waals surface area contributed by atoms with Gasteiger partial charge in [-0.1, -0.05) is 6.07 Å². The first kappa shape index (κ1) is 21.5. The van der Waals surface area contributed by atoms with Gasteiger partial charge in [0.25, 0.3) is 5.91 Å². The maximum atomic E-state index is 12.9. The number of thiophene rings is 1. The van der Waals surface area contributed by atoms with Crippen LogP contribution < -0.4 is 10.6 Å². The van der Waals surface area contributed by atoms with E-state index in [1.807, 2.05) is 35.4 Å². The van der Waals surface area contributed by atoms with Crippen LogP contribution in [-0.2, 0) is 16.0 Å². The first-order chi connectivity index (χ1) is 15.0. The molecule has 0 aromatic carbocycles. The molecule has 0 radical (unpaired) electrons. The number of nitrogens with zero attached hydrogens (tertiary/aromatic N) is 2. The summed E-state index contributed by atoms with van der Waals surface area (Å²) in [4.78, 5) is 44.8. The van der Waals surface area contributed by atoms with Crippen LogP contribution in [-0.4, -0.2) is 53.3 Å². The topological polar surface area (TPSA) is 91.4 Å². The standard InChI is InChI=1S/C23H28N4O3S/c1-15-4-5-18(22(29)24-11-8-17-3-2-14-31-17)21(25-15)16-9-12-27(13-10-16)23(30)19-6-7-20(28)26-19/h2-5,14,16,19H,6-13H2,1H3,(H,24,29)(H,26,28). The second-order valence-electron chi connectivity index (χ2n) is 8.23. The van der Waals surface area contributed by atoms with Gasteiger partial charge in [-0.3, -0.25) is 19.4 Å². The average Bonchev–Trinajstić information content (AvgIpc) is 3.45. The van der Waals surface area contributed by atoms with Gasteiger partial charge in [-0.15, -0.1) is 11.3 Å². The number of carbonyl (C=O) groups is 3. The Morgan fingerprint density at radius 3 is 2.71 bits per heavy atom. The van der Waals surface area contributed by atoms with E-state index in [9.17, 15) is 14.4 Å². The highest BCUT2D eigenvalue weighted by Gasteiger charge is 2.34. The number of nitrogens with one attached hydrogen (secondary N) is 2. The number of aryl methyl sites for hydroxylation is 1. The summed E-state index contributed by atoms with van der Waals surface area (Å²) in [5.74, 6) is 0.00590. The summed E-state index contributed by atoms with van der Waals surface area (Å²) < 4.78 is 0. The van der Waals surface area contributed by atoms with Gasteiger partial charge in [-0.05, 0) is 56.2 Å². The fourth-order valence-electron chi connectivity index (χ4n) is 4.32. The number of likely N-dealkylation sites (tertiary alicyclic amines) is 1. The summed E-state index contributed by atoms with van der Waals surface area (Å²) in [5.41, 5.74) is 2.34. The van der Waals surface area contributed by atoms with E-state index >= 15 is 0 Å². The number of carbonyl (C=O) groups excluding carboxylic acids is 3. The van der Waals surface area contributed by atoms with Gasteiger partial charge in [0.05, 0.1) is 11.3 Å². The van der Waals surface area contributed by atoms with E-state index in [0.29, 0.717) is 38.0 Å². The molecule has 4 rings (SSSR count). The molecule has 0 spiro atoms. The van der Waals surface area contributed by atoms with Gasteiger partial charge in [0, 0.05) is 42.5 Å². The van der Waals surface area contributed by atoms with Crippen LogP contribution in [0.4, 0.5) is 0 Å². The Morgan fingerprint density at radius 1 is 1.23 bits per heavy atom. The van der Waals surface area contributed by atoms with Crippen LogP contribution in [0.5, 0.6) is 0 Å². The lowest BCUT2D eigenvalue weighted by Gasteiger charge is -2.33. The fourth-order valence-corrected chi connectivity index (χ4v) is 5.03. The molecule has 0 aliphatic carbocycles. The summed E-state index contributed by atoms with van der Waals surface area (Å²) in [6.45, 7) is 3.76. The van der Waals surface area contributed by atoms with Gasteiger partial charge in [0.2, 0.25) is 11.8 Å². The lowest BCUT2D eigenvalue weighted by atomic mass is 9.89. The molecule has 2 aliphatic heterocycles. The minimum Gasteiger partial charge on any atom is -0.352 e. The molecule has 0 bridgehead atoms. The van der Waals surface area contributed by atoms with Crippen LogP contribution in [0.2, 0.25) is 0 Å². The molecule has 2 saturated heterocycles. The molecular weight excluding hydrogens is 412 g/mol. The quantitative estimate of drug-likeness (QED) is 0.722. The summed E-state index contributed by atoms with van der Waals surface area (Å²) in [6, 6.07) is 7.44. The first-order valence-corrected chi connectivity index (χ1v) is 11.8. The third kappa shape index (κ3) is 5.12. The van der Waals surface area contributed by atoms with Gasteiger partial charge < -0.3 is 15.5 Å². The van der Waals surface area contributed by atoms with Crippen molar-refractivity contribution in [3.8, 4) is 0 Å². The van der Waals surface area contributed by atoms with Crippen molar-refractivity contribution >= 4 is 29.1 Å². The molecule has 3 amide bonds. The Kier molecular flexibility index (Phi) is 6.65. The normalized spacial score (nSPS) is 19.3. The molecule has 2 aromatic rings. The third-order valence-electron chi connectivity index (χ3n) is 6.03. The Morgan fingerprint density at radius 2 is 2.03 bits per heavy atom. The lowest BCUT2D eigenvalue weighted by molar-refractivity contribution is -0.135. The Labute approximate surface area is 186 Å². The molecule has 4 heterocycles. The third-order valence-corrected chi connectivity index (χ3v) is 6.97. The predicted molar refractivity (Wildman–Crippen MR) is 119 cm³/mol. The van der Waals surface area contributed by atoms with Crippen molar-refractivity contribution in [1.29, 1.82) is 0 Å². The van der Waals surface area contributed by atoms with Crippen LogP contribution in [0.1, 0.15) is 58.2 Å². The lowest BCUT2D eigenvalue weighted by Crippen LogP contribution is -2.47. The highest BCUT2D eigenvalue weighted by atomic mass is 32.1. The van der Waals surface area contributed by atoms with Gasteiger partial charge in [0.15, 0.2) is 0 Å². The largest absolute Gasteiger partial charge is 0.352 e. The Balaban J connectivity index is 1.37. The molecule has 2 aromatic heterocycles. The fraction of sp³-hybridized carbons (Fsp3) is 0.478. The van der Waals surface area contributed by atoms with E-state index in [1.54, 1.807) is 11.3 Å². The smallest absolute Gasteiger partial charge is 0.253 e. The molecule has 31 heavy (non-hydrogen) atoms. The second-order valence-corrected chi connectivity index (χ2v) is 9.26. The van der Waals surface area contributed by atoms with E-state index in [2.05, 4.69) is 16.7 Å². The predicted octanol–water partition coefficient (Wildman–Crippen LogP) is 2.41. The molecule has 164 valence electrons. The van der Waals surface area contributed by atoms with Gasteiger partial charge >= 0.3 is 0 Å². The van der Waals surface area contributed by atoms with E-state index < -0.39 is 0 Å². The number of pyridine rings is 1. The van der Waals surface area contributed by atoms with Crippen LogP contribution in [0.3, 0.4) is 0 Å². The SMILES string of the molecule is Cc1ccc(C(=O)NCCc2cccs2)c(C2CCN(C(=O)C3CCC(=O)N3)CC2)n1. The highest BCUT2D eigenvalue weighted by molar-refractivity contribution is 7.09. The number of rotatable bonds is 6. The zero-order chi connectivity index (χ0) is 21.8. The number of hydrogen-bond donors (Lipinski definition) is 2. The van der Waals surface area contributed by atoms with Crippen molar-refractivity contribution < 1.29 is 14.4 Å². The molecule has 2 fully saturated rings. The summed E-state index contributed by atoms with van der Waals surface area (Å²) >= 11 is 1.69. The van der Waals surface area contributed by atoms with Gasteiger partial charge in [-0.2, -0.15) is 0 Å². The second kappa shape index (κ2) is 9.60. The van der Waals surface area contributed by atoms with Crippen molar-refractivity contribution in [2.45, 2.75) is 51.0 Å². The number of hydrogen-bond acceptors (Lipinski definition) is 5. The van der Waals surface area contributed by atoms with E-state index in [4.69, 9.17) is 4.98 Å². The summed E-state index contributed by atoms with van der Waals surface area (Å²) in [6.07, 6.45) is 3.34. The maximum absolute atomic E-state index is 12.9. The molecular formula is C23H28N4O3S. The number of amides is 3. The van der Waals surface area contributed by atoms with Gasteiger partial charge in [-0.25, -0.2) is 0 Å². The minimum absolute atomic E-state index is 0.00745.